The Kier molecular flexibility index (Phi) is 7.45. The molecule has 0 aliphatic carbocycles. The molecule has 0 saturated carbocycles. The van der Waals surface area contributed by atoms with Crippen molar-refractivity contribution in [1.82, 2.24) is 4.98 Å². The summed E-state index contributed by atoms with van der Waals surface area (Å²) in [5.74, 6) is 0.373. The average molecular weight is 290 g/mol. The molecule has 1 heterocycles. The van der Waals surface area contributed by atoms with Gasteiger partial charge in [-0.3, -0.25) is 4.79 Å². The van der Waals surface area contributed by atoms with Gasteiger partial charge < -0.3 is 16.4 Å². The molecule has 2 rings (SSSR count). The lowest BCUT2D eigenvalue weighted by Crippen LogP contribution is -2.17. The standard InChI is InChI=1S/C9H14N4O.C6H5F/c1-11-9-7(3-2-6-12-9)13-8(14)4-5-10;7-6-4-2-1-3-5-6/h2-3,6H,4-5,10H2,1H3,(H,11,12)(H,13,14);1-5H. The van der Waals surface area contributed by atoms with E-state index in [1.807, 2.05) is 0 Å². The largest absolute Gasteiger partial charge is 0.371 e. The van der Waals surface area contributed by atoms with E-state index in [1.54, 1.807) is 43.6 Å². The number of pyridine rings is 1. The number of carbonyl (C=O) groups is 1. The van der Waals surface area contributed by atoms with E-state index in [4.69, 9.17) is 5.73 Å². The number of anilines is 2. The number of hydrogen-bond donors (Lipinski definition) is 3. The van der Waals surface area contributed by atoms with Crippen molar-refractivity contribution in [3.8, 4) is 0 Å². The Bertz CT molecular complexity index is 548. The van der Waals surface area contributed by atoms with E-state index in [2.05, 4.69) is 15.6 Å². The van der Waals surface area contributed by atoms with Crippen LogP contribution < -0.4 is 16.4 Å². The minimum absolute atomic E-state index is 0.1000. The summed E-state index contributed by atoms with van der Waals surface area (Å²) in [4.78, 5) is 15.3. The number of aromatic nitrogens is 1. The Labute approximate surface area is 123 Å². The Morgan fingerprint density at radius 3 is 2.48 bits per heavy atom. The summed E-state index contributed by atoms with van der Waals surface area (Å²) < 4.78 is 11.9. The summed E-state index contributed by atoms with van der Waals surface area (Å²) in [6.45, 7) is 0.348. The zero-order chi connectivity index (χ0) is 15.5. The maximum absolute atomic E-state index is 11.9. The molecule has 4 N–H and O–H groups in total. The van der Waals surface area contributed by atoms with Crippen LogP contribution in [0.5, 0.6) is 0 Å². The summed E-state index contributed by atoms with van der Waals surface area (Å²) in [6.07, 6.45) is 1.97. The third-order valence-electron chi connectivity index (χ3n) is 2.42. The highest BCUT2D eigenvalue weighted by Gasteiger charge is 2.04. The molecule has 0 spiro atoms. The fourth-order valence-electron chi connectivity index (χ4n) is 1.46. The van der Waals surface area contributed by atoms with Crippen LogP contribution in [0.1, 0.15) is 6.42 Å². The molecule has 0 bridgehead atoms. The molecule has 0 saturated heterocycles. The van der Waals surface area contributed by atoms with E-state index in [-0.39, 0.29) is 11.7 Å². The lowest BCUT2D eigenvalue weighted by Gasteiger charge is -2.08. The number of halogens is 1. The molecule has 21 heavy (non-hydrogen) atoms. The minimum atomic E-state index is -0.178. The second kappa shape index (κ2) is 9.44. The lowest BCUT2D eigenvalue weighted by atomic mass is 10.3. The molecular weight excluding hydrogens is 271 g/mol. The lowest BCUT2D eigenvalue weighted by molar-refractivity contribution is -0.116. The van der Waals surface area contributed by atoms with Crippen LogP contribution in [0.4, 0.5) is 15.9 Å². The number of rotatable bonds is 4. The van der Waals surface area contributed by atoms with Crippen LogP contribution in [0, 0.1) is 5.82 Å². The first-order chi connectivity index (χ1) is 10.2. The highest BCUT2D eigenvalue weighted by molar-refractivity contribution is 5.93. The predicted octanol–water partition coefficient (Wildman–Crippen LogP) is 2.24. The molecule has 5 nitrogen and oxygen atoms in total. The SMILES string of the molecule is CNc1ncccc1NC(=O)CCN.Fc1ccccc1. The second-order valence-electron chi connectivity index (χ2n) is 4.03. The first kappa shape index (κ1) is 16.6. The summed E-state index contributed by atoms with van der Waals surface area (Å²) in [7, 11) is 1.75. The van der Waals surface area contributed by atoms with Gasteiger partial charge in [0.1, 0.15) is 11.6 Å². The third-order valence-corrected chi connectivity index (χ3v) is 2.42. The van der Waals surface area contributed by atoms with Crippen LogP contribution in [0.25, 0.3) is 0 Å². The molecule has 0 aliphatic rings. The second-order valence-corrected chi connectivity index (χ2v) is 4.03. The van der Waals surface area contributed by atoms with Gasteiger partial charge in [-0.1, -0.05) is 18.2 Å². The van der Waals surface area contributed by atoms with Crippen molar-refractivity contribution in [2.45, 2.75) is 6.42 Å². The highest BCUT2D eigenvalue weighted by Crippen LogP contribution is 2.16. The van der Waals surface area contributed by atoms with Crippen molar-refractivity contribution in [3.63, 3.8) is 0 Å². The van der Waals surface area contributed by atoms with Gasteiger partial charge >= 0.3 is 0 Å². The number of carbonyl (C=O) groups excluding carboxylic acids is 1. The van der Waals surface area contributed by atoms with Crippen LogP contribution in [0.3, 0.4) is 0 Å². The van der Waals surface area contributed by atoms with Crippen molar-refractivity contribution in [2.75, 3.05) is 24.2 Å². The van der Waals surface area contributed by atoms with Crippen molar-refractivity contribution < 1.29 is 9.18 Å². The van der Waals surface area contributed by atoms with Gasteiger partial charge in [-0.25, -0.2) is 9.37 Å². The molecule has 0 aliphatic heterocycles. The fourth-order valence-corrected chi connectivity index (χ4v) is 1.46. The van der Waals surface area contributed by atoms with E-state index in [0.29, 0.717) is 24.5 Å². The smallest absolute Gasteiger partial charge is 0.225 e. The van der Waals surface area contributed by atoms with Crippen LogP contribution in [0.15, 0.2) is 48.7 Å². The molecule has 2 aromatic rings. The molecule has 112 valence electrons. The first-order valence-corrected chi connectivity index (χ1v) is 6.50. The predicted molar refractivity (Wildman–Crippen MR) is 82.5 cm³/mol. The van der Waals surface area contributed by atoms with E-state index >= 15 is 0 Å². The normalized spacial score (nSPS) is 9.29. The molecular formula is C15H19FN4O. The topological polar surface area (TPSA) is 80.0 Å². The summed E-state index contributed by atoms with van der Waals surface area (Å²) >= 11 is 0. The number of nitrogens with one attached hydrogen (secondary N) is 2. The van der Waals surface area contributed by atoms with Crippen LogP contribution in [-0.4, -0.2) is 24.5 Å². The van der Waals surface area contributed by atoms with Gasteiger partial charge in [-0.15, -0.1) is 0 Å². The van der Waals surface area contributed by atoms with E-state index in [0.717, 1.165) is 0 Å². The number of nitrogens with two attached hydrogens (primary N) is 1. The van der Waals surface area contributed by atoms with Crippen LogP contribution in [0.2, 0.25) is 0 Å². The van der Waals surface area contributed by atoms with Crippen molar-refractivity contribution >= 4 is 17.4 Å². The number of hydrogen-bond acceptors (Lipinski definition) is 4. The Morgan fingerprint density at radius 2 is 1.95 bits per heavy atom. The van der Waals surface area contributed by atoms with Crippen LogP contribution >= 0.6 is 0 Å². The minimum Gasteiger partial charge on any atom is -0.371 e. The summed E-state index contributed by atoms with van der Waals surface area (Å²) in [5, 5.41) is 5.60. The van der Waals surface area contributed by atoms with E-state index in [1.165, 1.54) is 12.1 Å². The number of amides is 1. The molecule has 1 amide bonds. The quantitative estimate of drug-likeness (QED) is 0.806. The van der Waals surface area contributed by atoms with Gasteiger partial charge in [0, 0.05) is 26.2 Å². The fraction of sp³-hybridized carbons (Fsp3) is 0.200. The van der Waals surface area contributed by atoms with Crippen molar-refractivity contribution in [3.05, 3.63) is 54.5 Å². The Hall–Kier alpha value is -2.47. The van der Waals surface area contributed by atoms with Gasteiger partial charge in [0.05, 0.1) is 5.69 Å². The number of benzene rings is 1. The van der Waals surface area contributed by atoms with Gasteiger partial charge in [0.25, 0.3) is 0 Å². The van der Waals surface area contributed by atoms with E-state index < -0.39 is 0 Å². The van der Waals surface area contributed by atoms with Crippen molar-refractivity contribution in [2.24, 2.45) is 5.73 Å². The monoisotopic (exact) mass is 290 g/mol. The maximum Gasteiger partial charge on any atom is 0.225 e. The summed E-state index contributed by atoms with van der Waals surface area (Å²) in [5.41, 5.74) is 5.94. The van der Waals surface area contributed by atoms with Crippen LogP contribution in [-0.2, 0) is 4.79 Å². The first-order valence-electron chi connectivity index (χ1n) is 6.50. The maximum atomic E-state index is 11.9. The van der Waals surface area contributed by atoms with Gasteiger partial charge in [0.2, 0.25) is 5.91 Å². The third kappa shape index (κ3) is 6.49. The molecule has 1 aromatic heterocycles. The molecule has 0 fully saturated rings. The van der Waals surface area contributed by atoms with E-state index in [9.17, 15) is 9.18 Å². The summed E-state index contributed by atoms with van der Waals surface area (Å²) in [6, 6.07) is 11.5. The molecule has 0 unspecified atom stereocenters. The highest BCUT2D eigenvalue weighted by atomic mass is 19.1. The number of nitrogens with zero attached hydrogens (tertiary/aromatic N) is 1. The van der Waals surface area contributed by atoms with Gasteiger partial charge in [0.15, 0.2) is 0 Å². The van der Waals surface area contributed by atoms with Gasteiger partial charge in [-0.2, -0.15) is 0 Å². The average Bonchev–Trinajstić information content (AvgIpc) is 2.49. The molecule has 0 atom stereocenters. The zero-order valence-electron chi connectivity index (χ0n) is 11.8. The molecule has 6 heteroatoms. The van der Waals surface area contributed by atoms with Gasteiger partial charge in [-0.05, 0) is 24.3 Å². The zero-order valence-corrected chi connectivity index (χ0v) is 11.8. The van der Waals surface area contributed by atoms with Crippen molar-refractivity contribution in [1.29, 1.82) is 0 Å². The Balaban J connectivity index is 0.000000262. The molecule has 1 aromatic carbocycles. The molecule has 0 radical (unpaired) electrons. The Morgan fingerprint density at radius 1 is 1.24 bits per heavy atom.